The third-order valence-electron chi connectivity index (χ3n) is 5.16. The lowest BCUT2D eigenvalue weighted by atomic mass is 10.2. The molecule has 0 atom stereocenters. The van der Waals surface area contributed by atoms with E-state index in [1.807, 2.05) is 0 Å². The smallest absolute Gasteiger partial charge is 0.413 e. The Morgan fingerprint density at radius 1 is 0.417 bits per heavy atom. The van der Waals surface area contributed by atoms with Crippen LogP contribution in [0.5, 0.6) is 17.2 Å². The van der Waals surface area contributed by atoms with Gasteiger partial charge in [-0.15, -0.1) is 0 Å². The number of halogens is 11. The monoisotopic (exact) mass is 546 g/mol. The lowest BCUT2D eigenvalue weighted by Gasteiger charge is -2.22. The van der Waals surface area contributed by atoms with E-state index in [2.05, 4.69) is 14.2 Å². The van der Waals surface area contributed by atoms with Crippen LogP contribution in [0.25, 0.3) is 0 Å². The Morgan fingerprint density at radius 2 is 0.778 bits per heavy atom. The van der Waals surface area contributed by atoms with E-state index in [0.717, 1.165) is 0 Å². The molecule has 0 amide bonds. The molecule has 0 aromatic heterocycles. The molecule has 0 aliphatic rings. The molecule has 15 heteroatoms. The van der Waals surface area contributed by atoms with E-state index < -0.39 is 109 Å². The molecule has 0 fully saturated rings. The van der Waals surface area contributed by atoms with Crippen molar-refractivity contribution in [3.63, 3.8) is 0 Å². The summed E-state index contributed by atoms with van der Waals surface area (Å²) in [6.45, 7) is 0. The third kappa shape index (κ3) is 4.00. The van der Waals surface area contributed by atoms with Gasteiger partial charge in [0.1, 0.15) is 5.82 Å². The first-order chi connectivity index (χ1) is 16.8. The lowest BCUT2D eigenvalue weighted by Crippen LogP contribution is -2.59. The van der Waals surface area contributed by atoms with E-state index in [1.54, 1.807) is 0 Å². The number of ether oxygens (including phenoxy) is 3. The summed E-state index contributed by atoms with van der Waals surface area (Å²) >= 11 is -5.26. The Balaban J connectivity index is 2.67. The van der Waals surface area contributed by atoms with Crippen molar-refractivity contribution < 1.29 is 62.5 Å². The van der Waals surface area contributed by atoms with E-state index in [1.165, 1.54) is 0 Å². The second kappa shape index (κ2) is 10.1. The largest absolute Gasteiger partial charge is 0.491 e. The second-order valence-corrected chi connectivity index (χ2v) is 9.54. The molecule has 3 aromatic carbocycles. The summed E-state index contributed by atoms with van der Waals surface area (Å²) in [7, 11) is 1.81. The molecule has 0 unspecified atom stereocenters. The van der Waals surface area contributed by atoms with Crippen molar-refractivity contribution in [3.05, 3.63) is 70.1 Å². The zero-order valence-corrected chi connectivity index (χ0v) is 19.2. The number of hydrogen-bond acceptors (Lipinski definition) is 3. The Morgan fingerprint density at radius 3 is 1.14 bits per heavy atom. The van der Waals surface area contributed by atoms with Crippen molar-refractivity contribution in [1.29, 1.82) is 0 Å². The van der Waals surface area contributed by atoms with Crippen molar-refractivity contribution in [2.24, 2.45) is 0 Å². The quantitative estimate of drug-likeness (QED) is 0.204. The maximum Gasteiger partial charge on any atom is 0.413 e. The molecule has 0 radical (unpaired) electrons. The minimum absolute atomic E-state index is 0.100. The van der Waals surface area contributed by atoms with Crippen molar-refractivity contribution >= 4 is 27.4 Å². The zero-order valence-electron chi connectivity index (χ0n) is 18.0. The van der Waals surface area contributed by atoms with Gasteiger partial charge in [-0.2, -0.15) is 8.78 Å². The Labute approximate surface area is 199 Å². The summed E-state index contributed by atoms with van der Waals surface area (Å²) in [5.41, 5.74) is 0. The first kappa shape index (κ1) is 27.4. The highest BCUT2D eigenvalue weighted by atomic mass is 27.2. The van der Waals surface area contributed by atoms with Crippen LogP contribution < -0.4 is 27.5 Å². The van der Waals surface area contributed by atoms with E-state index in [9.17, 15) is 35.1 Å². The summed E-state index contributed by atoms with van der Waals surface area (Å²) in [5.74, 6) is -29.6. The fraction of sp³-hybridized carbons (Fsp3) is 0.143. The molecule has 0 heterocycles. The van der Waals surface area contributed by atoms with Crippen LogP contribution in [0, 0.1) is 64.0 Å². The molecule has 0 saturated heterocycles. The lowest BCUT2D eigenvalue weighted by molar-refractivity contribution is 0.337. The molecule has 0 aliphatic carbocycles. The van der Waals surface area contributed by atoms with Gasteiger partial charge in [-0.05, 0) is 13.3 Å². The Hall–Kier alpha value is -3.18. The van der Waals surface area contributed by atoms with Gasteiger partial charge in [0.25, 0.3) is 0 Å². The van der Waals surface area contributed by atoms with Crippen molar-refractivity contribution in [2.75, 3.05) is 21.3 Å². The van der Waals surface area contributed by atoms with Gasteiger partial charge in [-0.1, -0.05) is 0 Å². The predicted octanol–water partition coefficient (Wildman–Crippen LogP) is 3.76. The normalized spacial score (nSPS) is 11.1. The number of rotatable bonds is 6. The standard InChI is InChI=1S/2C7H3F4O.C7H4F3O.Al/c2*1-12-7-4(9)2-3(8)5(10)6(7)11;1-11-7-5(9)2-4(8)3-6(7)10;/h2*1H3;2H,1H3;. The summed E-state index contributed by atoms with van der Waals surface area (Å²) in [4.78, 5) is 0. The van der Waals surface area contributed by atoms with Crippen molar-refractivity contribution in [1.82, 2.24) is 0 Å². The highest BCUT2D eigenvalue weighted by Crippen LogP contribution is 2.29. The minimum atomic E-state index is -5.26. The fourth-order valence-electron chi connectivity index (χ4n) is 3.60. The number of methoxy groups -OCH3 is 3. The number of benzene rings is 3. The molecule has 192 valence electrons. The van der Waals surface area contributed by atoms with Crippen LogP contribution in [0.3, 0.4) is 0 Å². The van der Waals surface area contributed by atoms with Gasteiger partial charge in [-0.25, -0.2) is 39.5 Å². The molecule has 0 saturated carbocycles. The highest BCUT2D eigenvalue weighted by Gasteiger charge is 2.46. The summed E-state index contributed by atoms with van der Waals surface area (Å²) in [6, 6.07) is -0.100. The first-order valence-corrected chi connectivity index (χ1v) is 11.1. The summed E-state index contributed by atoms with van der Waals surface area (Å²) in [6.07, 6.45) is 0. The molecule has 0 aliphatic heterocycles. The van der Waals surface area contributed by atoms with Crippen LogP contribution in [-0.2, 0) is 0 Å². The highest BCUT2D eigenvalue weighted by molar-refractivity contribution is 6.96. The van der Waals surface area contributed by atoms with E-state index >= 15 is 13.2 Å². The second-order valence-electron chi connectivity index (χ2n) is 6.94. The van der Waals surface area contributed by atoms with Gasteiger partial charge >= 0.3 is 14.1 Å². The molecule has 36 heavy (non-hydrogen) atoms. The number of hydrogen-bond donors (Lipinski definition) is 0. The molecular weight excluding hydrogens is 536 g/mol. The molecule has 0 spiro atoms. The average Bonchev–Trinajstić information content (AvgIpc) is 2.82. The van der Waals surface area contributed by atoms with Gasteiger partial charge in [0.15, 0.2) is 63.8 Å². The molecule has 3 aromatic rings. The van der Waals surface area contributed by atoms with E-state index in [4.69, 9.17) is 0 Å². The molecule has 0 N–H and O–H groups in total. The van der Waals surface area contributed by atoms with Gasteiger partial charge in [0, 0.05) is 6.07 Å². The third-order valence-corrected chi connectivity index (χ3v) is 8.43. The van der Waals surface area contributed by atoms with Crippen LogP contribution in [0.4, 0.5) is 48.3 Å². The first-order valence-electron chi connectivity index (χ1n) is 9.36. The van der Waals surface area contributed by atoms with Gasteiger partial charge in [0.2, 0.25) is 11.6 Å². The predicted molar refractivity (Wildman–Crippen MR) is 103 cm³/mol. The van der Waals surface area contributed by atoms with Crippen LogP contribution in [0.1, 0.15) is 0 Å². The fourth-order valence-corrected chi connectivity index (χ4v) is 6.73. The van der Waals surface area contributed by atoms with Crippen LogP contribution in [0.15, 0.2) is 6.07 Å². The summed E-state index contributed by atoms with van der Waals surface area (Å²) in [5, 5.41) is 0. The molecule has 3 rings (SSSR count). The Bertz CT molecular complexity index is 1310. The van der Waals surface area contributed by atoms with Gasteiger partial charge in [-0.3, -0.25) is 0 Å². The topological polar surface area (TPSA) is 27.7 Å². The van der Waals surface area contributed by atoms with Crippen molar-refractivity contribution in [3.8, 4) is 17.2 Å². The maximum atomic E-state index is 15.2. The maximum absolute atomic E-state index is 15.2. The van der Waals surface area contributed by atoms with E-state index in [-0.39, 0.29) is 6.07 Å². The minimum Gasteiger partial charge on any atom is -0.491 e. The Kier molecular flexibility index (Phi) is 7.66. The van der Waals surface area contributed by atoms with Crippen LogP contribution >= 0.6 is 0 Å². The average molecular weight is 546 g/mol. The van der Waals surface area contributed by atoms with Crippen LogP contribution in [-0.4, -0.2) is 35.5 Å². The van der Waals surface area contributed by atoms with Crippen molar-refractivity contribution in [2.45, 2.75) is 0 Å². The summed E-state index contributed by atoms with van der Waals surface area (Å²) < 4.78 is 169. The molecular formula is C21H10AlF11O3. The van der Waals surface area contributed by atoms with Crippen LogP contribution in [0.2, 0.25) is 0 Å². The van der Waals surface area contributed by atoms with Gasteiger partial charge < -0.3 is 14.2 Å². The van der Waals surface area contributed by atoms with E-state index in [0.29, 0.717) is 21.3 Å². The zero-order chi connectivity index (χ0) is 27.2. The SMILES string of the molecule is COc1c(F)cc(F)[c]([Al]([c]2c(F)c(F)c(F)c(OC)c2F)[c]2c(F)c(F)c(F)c(OC)c2F)c1F. The van der Waals surface area contributed by atoms with Gasteiger partial charge in [0.05, 0.1) is 21.3 Å². The molecule has 3 nitrogen and oxygen atoms in total. The molecule has 0 bridgehead atoms.